The molecule has 3 amide bonds. The van der Waals surface area contributed by atoms with Crippen molar-refractivity contribution in [3.05, 3.63) is 108 Å². The minimum absolute atomic E-state index is 0.0828. The lowest BCUT2D eigenvalue weighted by molar-refractivity contribution is -0.113. The van der Waals surface area contributed by atoms with Crippen LogP contribution in [0.5, 0.6) is 0 Å². The Hall–Kier alpha value is -3.86. The Balaban J connectivity index is 1.08. The molecule has 0 fully saturated rings. The van der Waals surface area contributed by atoms with Crippen molar-refractivity contribution in [2.45, 2.75) is 21.1 Å². The maximum Gasteiger partial charge on any atom is 0.326 e. The summed E-state index contributed by atoms with van der Waals surface area (Å²) in [5.74, 6) is -0.318. The number of hydrogen-bond acceptors (Lipinski definition) is 6. The molecule has 1 aliphatic carbocycles. The summed E-state index contributed by atoms with van der Waals surface area (Å²) in [6.45, 7) is 0. The lowest BCUT2D eigenvalue weighted by Gasteiger charge is -2.40. The summed E-state index contributed by atoms with van der Waals surface area (Å²) in [5.41, 5.74) is 3.00. The van der Waals surface area contributed by atoms with Gasteiger partial charge in [-0.15, -0.1) is 34.9 Å². The summed E-state index contributed by atoms with van der Waals surface area (Å²) in [6.07, 6.45) is 8.19. The van der Waals surface area contributed by atoms with E-state index in [0.717, 1.165) is 21.0 Å². The number of allylic oxidation sites excluding steroid dienone is 2. The number of thioether (sulfide) groups is 2. The van der Waals surface area contributed by atoms with Gasteiger partial charge in [-0.3, -0.25) is 9.69 Å². The average molecular weight is 587 g/mol. The van der Waals surface area contributed by atoms with Crippen molar-refractivity contribution in [2.24, 2.45) is 0 Å². The van der Waals surface area contributed by atoms with E-state index in [-0.39, 0.29) is 34.8 Å². The fourth-order valence-corrected chi connectivity index (χ4v) is 7.21. The number of hydrogen-bond donors (Lipinski definition) is 2. The minimum atomic E-state index is -0.309. The molecular weight excluding hydrogens is 564 g/mol. The van der Waals surface area contributed by atoms with Crippen molar-refractivity contribution in [3.8, 4) is 11.3 Å². The number of para-hydroxylation sites is 1. The van der Waals surface area contributed by atoms with Crippen molar-refractivity contribution < 1.29 is 14.0 Å². The Morgan fingerprint density at radius 2 is 1.80 bits per heavy atom. The van der Waals surface area contributed by atoms with Crippen LogP contribution in [-0.2, 0) is 4.79 Å². The number of carbonyl (C=O) groups excluding carboxylic acids is 2. The molecule has 0 spiro atoms. The first kappa shape index (κ1) is 26.4. The molecule has 200 valence electrons. The molecule has 2 aliphatic rings. The van der Waals surface area contributed by atoms with Gasteiger partial charge in [-0.25, -0.2) is 14.2 Å². The van der Waals surface area contributed by atoms with E-state index < -0.39 is 0 Å². The third kappa shape index (κ3) is 5.84. The van der Waals surface area contributed by atoms with Crippen molar-refractivity contribution in [2.75, 3.05) is 21.3 Å². The van der Waals surface area contributed by atoms with Crippen molar-refractivity contribution >= 4 is 63.3 Å². The van der Waals surface area contributed by atoms with Gasteiger partial charge in [-0.1, -0.05) is 42.5 Å². The number of halogens is 1. The normalized spacial score (nSPS) is 17.2. The van der Waals surface area contributed by atoms with Gasteiger partial charge in [0.15, 0.2) is 5.13 Å². The number of aromatic nitrogens is 1. The van der Waals surface area contributed by atoms with Crippen LogP contribution in [0.2, 0.25) is 0 Å². The number of benzene rings is 3. The first-order valence-corrected chi connectivity index (χ1v) is 15.2. The second-order valence-electron chi connectivity index (χ2n) is 9.02. The molecule has 0 saturated heterocycles. The van der Waals surface area contributed by atoms with E-state index in [1.807, 2.05) is 71.0 Å². The monoisotopic (exact) mass is 586 g/mol. The van der Waals surface area contributed by atoms with E-state index in [9.17, 15) is 14.0 Å². The average Bonchev–Trinajstić information content (AvgIpc) is 3.43. The Morgan fingerprint density at radius 1 is 0.975 bits per heavy atom. The highest BCUT2D eigenvalue weighted by Crippen LogP contribution is 2.43. The van der Waals surface area contributed by atoms with Gasteiger partial charge in [0.2, 0.25) is 5.91 Å². The van der Waals surface area contributed by atoms with E-state index in [2.05, 4.69) is 27.8 Å². The van der Waals surface area contributed by atoms with Crippen LogP contribution < -0.4 is 15.5 Å². The third-order valence-electron chi connectivity index (χ3n) is 6.31. The number of rotatable bonds is 6. The lowest BCUT2D eigenvalue weighted by atomic mass is 10.1. The Morgan fingerprint density at radius 3 is 2.67 bits per heavy atom. The summed E-state index contributed by atoms with van der Waals surface area (Å²) >= 11 is 4.45. The molecule has 4 aromatic rings. The Bertz CT molecular complexity index is 1620. The highest BCUT2D eigenvalue weighted by molar-refractivity contribution is 8.00. The zero-order chi connectivity index (χ0) is 27.5. The number of thiazole rings is 1. The molecule has 6 rings (SSSR count). The highest BCUT2D eigenvalue weighted by atomic mass is 32.2. The quantitative estimate of drug-likeness (QED) is 0.227. The Kier molecular flexibility index (Phi) is 7.72. The van der Waals surface area contributed by atoms with Gasteiger partial charge in [0.05, 0.1) is 28.4 Å². The van der Waals surface area contributed by atoms with Gasteiger partial charge in [0.25, 0.3) is 0 Å². The number of carbonyl (C=O) groups is 2. The molecule has 2 unspecified atom stereocenters. The smallest absolute Gasteiger partial charge is 0.307 e. The summed E-state index contributed by atoms with van der Waals surface area (Å²) < 4.78 is 13.2. The summed E-state index contributed by atoms with van der Waals surface area (Å²) in [5, 5.41) is 8.33. The third-order valence-corrected chi connectivity index (χ3v) is 9.37. The fraction of sp³-hybridized carbons (Fsp3) is 0.100. The van der Waals surface area contributed by atoms with Crippen molar-refractivity contribution in [3.63, 3.8) is 0 Å². The van der Waals surface area contributed by atoms with Gasteiger partial charge >= 0.3 is 6.03 Å². The van der Waals surface area contributed by atoms with Crippen LogP contribution in [0.3, 0.4) is 0 Å². The van der Waals surface area contributed by atoms with Gasteiger partial charge in [-0.2, -0.15) is 0 Å². The fourth-order valence-electron chi connectivity index (χ4n) is 4.46. The molecule has 2 heterocycles. The molecule has 3 aromatic carbocycles. The molecule has 2 N–H and O–H groups in total. The molecule has 1 aliphatic heterocycles. The number of anilines is 3. The van der Waals surface area contributed by atoms with E-state index in [1.54, 1.807) is 23.9 Å². The minimum Gasteiger partial charge on any atom is -0.307 e. The number of urea groups is 1. The molecule has 6 nitrogen and oxygen atoms in total. The number of nitrogens with one attached hydrogen (secondary N) is 2. The van der Waals surface area contributed by atoms with E-state index >= 15 is 0 Å². The standard InChI is InChI=1S/C30H23FN4O2S3/c31-20-14-12-19(13-15-20)23-17-39-29(33-23)34-28(36)18-38-22-7-5-6-21(16-22)32-30(37)35-24-8-1-3-10-26(24)40-27-11-4-2-9-25(27)35/h1-17,24,26H,18H2,(H,32,37)(H,33,34,36). The molecule has 0 saturated carbocycles. The first-order chi connectivity index (χ1) is 19.5. The number of fused-ring (bicyclic) bond motifs is 2. The summed E-state index contributed by atoms with van der Waals surface area (Å²) in [7, 11) is 0. The van der Waals surface area contributed by atoms with Crippen LogP contribution in [0.4, 0.5) is 25.7 Å². The molecule has 2 atom stereocenters. The van der Waals surface area contributed by atoms with Crippen LogP contribution in [0.15, 0.2) is 112 Å². The molecule has 40 heavy (non-hydrogen) atoms. The Labute approximate surface area is 243 Å². The molecule has 0 radical (unpaired) electrons. The molecule has 0 bridgehead atoms. The van der Waals surface area contributed by atoms with Gasteiger partial charge in [0.1, 0.15) is 5.82 Å². The molecule has 10 heteroatoms. The maximum absolute atomic E-state index is 13.5. The van der Waals surface area contributed by atoms with Gasteiger partial charge in [0, 0.05) is 26.4 Å². The maximum atomic E-state index is 13.5. The topological polar surface area (TPSA) is 74.3 Å². The first-order valence-electron chi connectivity index (χ1n) is 12.5. The highest BCUT2D eigenvalue weighted by Gasteiger charge is 2.36. The zero-order valence-corrected chi connectivity index (χ0v) is 23.4. The van der Waals surface area contributed by atoms with Crippen molar-refractivity contribution in [1.29, 1.82) is 0 Å². The van der Waals surface area contributed by atoms with Gasteiger partial charge < -0.3 is 10.6 Å². The predicted molar refractivity (Wildman–Crippen MR) is 163 cm³/mol. The lowest BCUT2D eigenvalue weighted by Crippen LogP contribution is -2.49. The van der Waals surface area contributed by atoms with Crippen LogP contribution in [0.1, 0.15) is 0 Å². The second-order valence-corrected chi connectivity index (χ2v) is 12.1. The van der Waals surface area contributed by atoms with Crippen LogP contribution in [0, 0.1) is 5.82 Å². The van der Waals surface area contributed by atoms with Crippen molar-refractivity contribution in [1.82, 2.24) is 4.98 Å². The number of amides is 3. The van der Waals surface area contributed by atoms with Crippen LogP contribution in [-0.4, -0.2) is 34.0 Å². The SMILES string of the molecule is O=C(CSc1cccc(NC(=O)N2c3ccccc3SC3C=CC=CC32)c1)Nc1nc(-c2ccc(F)cc2)cs1. The van der Waals surface area contributed by atoms with Crippen LogP contribution >= 0.6 is 34.9 Å². The van der Waals surface area contributed by atoms with E-state index in [0.29, 0.717) is 16.5 Å². The van der Waals surface area contributed by atoms with Crippen LogP contribution in [0.25, 0.3) is 11.3 Å². The largest absolute Gasteiger partial charge is 0.326 e. The molecule has 1 aromatic heterocycles. The zero-order valence-electron chi connectivity index (χ0n) is 21.0. The molecular formula is C30H23FN4O2S3. The van der Waals surface area contributed by atoms with Gasteiger partial charge in [-0.05, 0) is 54.6 Å². The van der Waals surface area contributed by atoms with E-state index in [4.69, 9.17) is 0 Å². The number of nitrogens with zero attached hydrogens (tertiary/aromatic N) is 2. The second kappa shape index (κ2) is 11.7. The summed E-state index contributed by atoms with van der Waals surface area (Å²) in [4.78, 5) is 34.3. The summed E-state index contributed by atoms with van der Waals surface area (Å²) in [6, 6.07) is 21.2. The van der Waals surface area contributed by atoms with E-state index in [1.165, 1.54) is 35.2 Å². The predicted octanol–water partition coefficient (Wildman–Crippen LogP) is 7.69.